The second kappa shape index (κ2) is 10.2. The molecule has 188 valence electrons. The van der Waals surface area contributed by atoms with Gasteiger partial charge < -0.3 is 9.47 Å². The highest BCUT2D eigenvalue weighted by Gasteiger charge is 2.43. The van der Waals surface area contributed by atoms with Crippen LogP contribution >= 0.6 is 0 Å². The number of rotatable bonds is 8. The largest absolute Gasteiger partial charge is 0.341 e. The van der Waals surface area contributed by atoms with Crippen LogP contribution in [0.1, 0.15) is 98.6 Å². The van der Waals surface area contributed by atoms with Gasteiger partial charge in [-0.25, -0.2) is 0 Å². The van der Waals surface area contributed by atoms with E-state index in [1.807, 2.05) is 4.90 Å². The fourth-order valence-electron chi connectivity index (χ4n) is 6.31. The predicted molar refractivity (Wildman–Crippen MR) is 136 cm³/mol. The van der Waals surface area contributed by atoms with Crippen LogP contribution < -0.4 is 0 Å². The molecule has 1 aromatic heterocycles. The Labute approximate surface area is 209 Å². The summed E-state index contributed by atoms with van der Waals surface area (Å²) in [5.41, 5.74) is 3.44. The standard InChI is InChI=1S/C29H40N4O2/c1-19-9-11-23(20(2)15-19)16-27(35)25-17-32(21(3)34)18-26(25)29-31-30-28(33(29)24-12-13-24)14-10-22-7-5-4-6-8-22/h9,11,15,22,24-26H,4-8,10,12-14,16-18H2,1-3H3/t25-,26-/m1/s1. The number of aromatic nitrogens is 3. The molecule has 35 heavy (non-hydrogen) atoms. The Morgan fingerprint density at radius 1 is 1.00 bits per heavy atom. The molecule has 0 bridgehead atoms. The minimum Gasteiger partial charge on any atom is -0.341 e. The smallest absolute Gasteiger partial charge is 0.219 e. The van der Waals surface area contributed by atoms with Crippen LogP contribution in [0.2, 0.25) is 0 Å². The number of carbonyl (C=O) groups is 2. The highest BCUT2D eigenvalue weighted by Crippen LogP contribution is 2.42. The molecule has 1 saturated heterocycles. The van der Waals surface area contributed by atoms with E-state index in [-0.39, 0.29) is 23.5 Å². The first-order valence-electron chi connectivity index (χ1n) is 13.7. The van der Waals surface area contributed by atoms with Gasteiger partial charge in [-0.15, -0.1) is 10.2 Å². The van der Waals surface area contributed by atoms with Gasteiger partial charge in [-0.2, -0.15) is 0 Å². The fourth-order valence-corrected chi connectivity index (χ4v) is 6.31. The van der Waals surface area contributed by atoms with E-state index < -0.39 is 0 Å². The van der Waals surface area contributed by atoms with Crippen molar-refractivity contribution in [2.45, 2.75) is 96.9 Å². The molecule has 3 fully saturated rings. The molecule has 1 aromatic carbocycles. The average molecular weight is 477 g/mol. The number of aryl methyl sites for hydroxylation is 3. The Hall–Kier alpha value is -2.50. The van der Waals surface area contributed by atoms with Crippen molar-refractivity contribution in [3.05, 3.63) is 46.5 Å². The molecule has 2 aliphatic carbocycles. The van der Waals surface area contributed by atoms with Crippen LogP contribution in [0.15, 0.2) is 18.2 Å². The number of likely N-dealkylation sites (tertiary alicyclic amines) is 1. The molecule has 0 N–H and O–H groups in total. The summed E-state index contributed by atoms with van der Waals surface area (Å²) in [7, 11) is 0. The first-order valence-corrected chi connectivity index (χ1v) is 13.7. The Morgan fingerprint density at radius 2 is 1.77 bits per heavy atom. The molecule has 2 aromatic rings. The Balaban J connectivity index is 1.38. The van der Waals surface area contributed by atoms with Gasteiger partial charge in [0.15, 0.2) is 0 Å². The van der Waals surface area contributed by atoms with Gasteiger partial charge in [0.1, 0.15) is 17.4 Å². The third-order valence-electron chi connectivity index (χ3n) is 8.58. The third kappa shape index (κ3) is 5.36. The number of nitrogens with zero attached hydrogens (tertiary/aromatic N) is 4. The highest BCUT2D eigenvalue weighted by atomic mass is 16.2. The van der Waals surface area contributed by atoms with E-state index in [0.29, 0.717) is 25.6 Å². The predicted octanol–water partition coefficient (Wildman–Crippen LogP) is 5.12. The minimum atomic E-state index is -0.229. The number of hydrogen-bond acceptors (Lipinski definition) is 4. The van der Waals surface area contributed by atoms with Crippen molar-refractivity contribution in [2.24, 2.45) is 11.8 Å². The molecule has 2 heterocycles. The Morgan fingerprint density at radius 3 is 2.46 bits per heavy atom. The molecule has 6 nitrogen and oxygen atoms in total. The zero-order chi connectivity index (χ0) is 24.5. The van der Waals surface area contributed by atoms with Crippen molar-refractivity contribution in [3.63, 3.8) is 0 Å². The molecule has 1 aliphatic heterocycles. The van der Waals surface area contributed by atoms with E-state index in [4.69, 9.17) is 5.10 Å². The molecule has 2 saturated carbocycles. The second-order valence-corrected chi connectivity index (χ2v) is 11.3. The van der Waals surface area contributed by atoms with Crippen LogP contribution in [-0.2, 0) is 22.4 Å². The summed E-state index contributed by atoms with van der Waals surface area (Å²) in [6.45, 7) is 6.80. The number of amides is 1. The van der Waals surface area contributed by atoms with Gasteiger partial charge in [-0.1, -0.05) is 55.9 Å². The van der Waals surface area contributed by atoms with Crippen LogP contribution in [0.4, 0.5) is 0 Å². The summed E-state index contributed by atoms with van der Waals surface area (Å²) in [5.74, 6) is 2.78. The van der Waals surface area contributed by atoms with Crippen LogP contribution in [0.25, 0.3) is 0 Å². The molecule has 2 atom stereocenters. The summed E-state index contributed by atoms with van der Waals surface area (Å²) < 4.78 is 2.37. The van der Waals surface area contributed by atoms with Crippen molar-refractivity contribution in [1.29, 1.82) is 0 Å². The van der Waals surface area contributed by atoms with E-state index in [1.54, 1.807) is 6.92 Å². The molecule has 0 radical (unpaired) electrons. The zero-order valence-electron chi connectivity index (χ0n) is 21.6. The normalized spacial score (nSPS) is 23.1. The quantitative estimate of drug-likeness (QED) is 0.531. The van der Waals surface area contributed by atoms with Gasteiger partial charge in [-0.3, -0.25) is 9.59 Å². The van der Waals surface area contributed by atoms with E-state index in [9.17, 15) is 9.59 Å². The fraction of sp³-hybridized carbons (Fsp3) is 0.655. The molecular formula is C29H40N4O2. The van der Waals surface area contributed by atoms with Crippen LogP contribution in [-0.4, -0.2) is 44.4 Å². The van der Waals surface area contributed by atoms with Crippen LogP contribution in [0.3, 0.4) is 0 Å². The lowest BCUT2D eigenvalue weighted by Crippen LogP contribution is -2.28. The lowest BCUT2D eigenvalue weighted by molar-refractivity contribution is -0.128. The average Bonchev–Trinajstić information content (AvgIpc) is 3.43. The maximum Gasteiger partial charge on any atom is 0.219 e. The van der Waals surface area contributed by atoms with E-state index in [2.05, 4.69) is 41.7 Å². The Bertz CT molecular complexity index is 1080. The molecule has 1 amide bonds. The second-order valence-electron chi connectivity index (χ2n) is 11.3. The zero-order valence-corrected chi connectivity index (χ0v) is 21.6. The molecule has 3 aliphatic rings. The number of Topliss-reactive ketones (excluding diaryl/α,β-unsaturated/α-hetero) is 1. The van der Waals surface area contributed by atoms with Crippen molar-refractivity contribution in [3.8, 4) is 0 Å². The summed E-state index contributed by atoms with van der Waals surface area (Å²) in [6.07, 6.45) is 11.7. The Kier molecular flexibility index (Phi) is 7.08. The lowest BCUT2D eigenvalue weighted by Gasteiger charge is -2.22. The SMILES string of the molecule is CC(=O)N1C[C@@H](C(=O)Cc2ccc(C)cc2C)[C@H](c2nnc(CCC3CCCCC3)n2C2CC2)C1. The van der Waals surface area contributed by atoms with Gasteiger partial charge >= 0.3 is 0 Å². The maximum absolute atomic E-state index is 13.6. The monoisotopic (exact) mass is 476 g/mol. The highest BCUT2D eigenvalue weighted by molar-refractivity contribution is 5.86. The van der Waals surface area contributed by atoms with E-state index in [0.717, 1.165) is 48.0 Å². The van der Waals surface area contributed by atoms with Crippen molar-refractivity contribution in [2.75, 3.05) is 13.1 Å². The summed E-state index contributed by atoms with van der Waals surface area (Å²) in [5, 5.41) is 9.38. The first kappa shape index (κ1) is 24.2. The van der Waals surface area contributed by atoms with Gasteiger partial charge in [-0.05, 0) is 50.2 Å². The number of hydrogen-bond donors (Lipinski definition) is 0. The minimum absolute atomic E-state index is 0.0341. The molecule has 5 rings (SSSR count). The molecule has 0 unspecified atom stereocenters. The van der Waals surface area contributed by atoms with Crippen molar-refractivity contribution in [1.82, 2.24) is 19.7 Å². The van der Waals surface area contributed by atoms with Crippen LogP contribution in [0.5, 0.6) is 0 Å². The molecular weight excluding hydrogens is 436 g/mol. The number of ketones is 1. The molecule has 0 spiro atoms. The van der Waals surface area contributed by atoms with Gasteiger partial charge in [0.2, 0.25) is 5.91 Å². The van der Waals surface area contributed by atoms with E-state index >= 15 is 0 Å². The van der Waals surface area contributed by atoms with Crippen molar-refractivity contribution >= 4 is 11.7 Å². The lowest BCUT2D eigenvalue weighted by atomic mass is 9.86. The van der Waals surface area contributed by atoms with Gasteiger partial charge in [0.25, 0.3) is 0 Å². The van der Waals surface area contributed by atoms with Crippen LogP contribution in [0, 0.1) is 25.7 Å². The summed E-state index contributed by atoms with van der Waals surface area (Å²) in [4.78, 5) is 27.8. The molecule has 6 heteroatoms. The summed E-state index contributed by atoms with van der Waals surface area (Å²) >= 11 is 0. The van der Waals surface area contributed by atoms with E-state index in [1.165, 1.54) is 44.1 Å². The van der Waals surface area contributed by atoms with Gasteiger partial charge in [0.05, 0.1) is 0 Å². The third-order valence-corrected chi connectivity index (χ3v) is 8.58. The topological polar surface area (TPSA) is 68.1 Å². The number of benzene rings is 1. The number of carbonyl (C=O) groups excluding carboxylic acids is 2. The first-order chi connectivity index (χ1) is 16.9. The maximum atomic E-state index is 13.6. The van der Waals surface area contributed by atoms with Gasteiger partial charge in [0, 0.05) is 50.7 Å². The van der Waals surface area contributed by atoms with Crippen molar-refractivity contribution < 1.29 is 9.59 Å². The summed E-state index contributed by atoms with van der Waals surface area (Å²) in [6, 6.07) is 6.75.